The van der Waals surface area contributed by atoms with Crippen molar-refractivity contribution in [1.82, 2.24) is 0 Å². The molecule has 0 saturated heterocycles. The lowest BCUT2D eigenvalue weighted by Crippen LogP contribution is -2.06. The Balaban J connectivity index is 2.59. The molecule has 0 amide bonds. The third kappa shape index (κ3) is 8.79. The zero-order chi connectivity index (χ0) is 19.2. The lowest BCUT2D eigenvalue weighted by Gasteiger charge is -2.17. The second kappa shape index (κ2) is 13.7. The van der Waals surface area contributed by atoms with Crippen molar-refractivity contribution in [1.29, 1.82) is 0 Å². The number of oxime groups is 1. The van der Waals surface area contributed by atoms with Gasteiger partial charge in [0, 0.05) is 6.61 Å². The Bertz CT molecular complexity index is 562. The van der Waals surface area contributed by atoms with Crippen LogP contribution in [0, 0.1) is 0 Å². The average molecular weight is 404 g/mol. The molecule has 0 unspecified atom stereocenters. The SMILES string of the molecule is CCc1cc(OCC=C(Cl)Cl)cc(CC)c1OCCCCOCC=NO. The maximum Gasteiger partial charge on any atom is 0.125 e. The van der Waals surface area contributed by atoms with E-state index >= 15 is 0 Å². The first-order valence-corrected chi connectivity index (χ1v) is 9.54. The van der Waals surface area contributed by atoms with Gasteiger partial charge < -0.3 is 19.4 Å². The Kier molecular flexibility index (Phi) is 11.9. The summed E-state index contributed by atoms with van der Waals surface area (Å²) in [7, 11) is 0. The summed E-state index contributed by atoms with van der Waals surface area (Å²) >= 11 is 11.2. The van der Waals surface area contributed by atoms with Crippen LogP contribution in [0.15, 0.2) is 27.9 Å². The van der Waals surface area contributed by atoms with Crippen LogP contribution in [0.2, 0.25) is 0 Å². The van der Waals surface area contributed by atoms with Crippen LogP contribution in [0.4, 0.5) is 0 Å². The van der Waals surface area contributed by atoms with Gasteiger partial charge in [0.05, 0.1) is 19.4 Å². The largest absolute Gasteiger partial charge is 0.493 e. The minimum Gasteiger partial charge on any atom is -0.493 e. The first-order chi connectivity index (χ1) is 12.6. The van der Waals surface area contributed by atoms with E-state index in [1.165, 1.54) is 6.21 Å². The van der Waals surface area contributed by atoms with Crippen molar-refractivity contribution in [2.75, 3.05) is 26.4 Å². The standard InChI is InChI=1S/C19H27Cl2NO4/c1-3-15-13-17(25-11-7-18(20)21)14-16(4-2)19(15)26-10-6-5-9-24-12-8-22-23/h7-8,13-14,23H,3-6,9-12H2,1-2H3. The summed E-state index contributed by atoms with van der Waals surface area (Å²) in [5.41, 5.74) is 2.24. The molecule has 0 radical (unpaired) electrons. The lowest BCUT2D eigenvalue weighted by atomic mass is 10.0. The van der Waals surface area contributed by atoms with Gasteiger partial charge in [-0.25, -0.2) is 0 Å². The van der Waals surface area contributed by atoms with Crippen LogP contribution in [-0.4, -0.2) is 37.8 Å². The van der Waals surface area contributed by atoms with Crippen LogP contribution in [0.3, 0.4) is 0 Å². The number of hydrogen-bond donors (Lipinski definition) is 1. The zero-order valence-corrected chi connectivity index (χ0v) is 16.9. The normalized spacial score (nSPS) is 10.9. The molecule has 0 heterocycles. The van der Waals surface area contributed by atoms with Crippen molar-refractivity contribution in [3.05, 3.63) is 33.8 Å². The Hall–Kier alpha value is -1.43. The quantitative estimate of drug-likeness (QED) is 0.214. The maximum atomic E-state index is 8.27. The first kappa shape index (κ1) is 22.6. The molecule has 1 rings (SSSR count). The number of rotatable bonds is 13. The molecule has 0 aliphatic carbocycles. The second-order valence-electron chi connectivity index (χ2n) is 5.51. The molecule has 0 spiro atoms. The second-order valence-corrected chi connectivity index (χ2v) is 6.52. The highest BCUT2D eigenvalue weighted by atomic mass is 35.5. The highest BCUT2D eigenvalue weighted by molar-refractivity contribution is 6.55. The lowest BCUT2D eigenvalue weighted by molar-refractivity contribution is 0.160. The maximum absolute atomic E-state index is 8.27. The van der Waals surface area contributed by atoms with Gasteiger partial charge in [-0.05, 0) is 55.0 Å². The Labute approximate surface area is 165 Å². The third-order valence-corrected chi connectivity index (χ3v) is 3.98. The fourth-order valence-electron chi connectivity index (χ4n) is 2.37. The van der Waals surface area contributed by atoms with Gasteiger partial charge in [0.1, 0.15) is 22.6 Å². The van der Waals surface area contributed by atoms with Crippen molar-refractivity contribution in [2.24, 2.45) is 5.16 Å². The van der Waals surface area contributed by atoms with Crippen LogP contribution < -0.4 is 9.47 Å². The summed E-state index contributed by atoms with van der Waals surface area (Å²) < 4.78 is 17.2. The minimum absolute atomic E-state index is 0.198. The van der Waals surface area contributed by atoms with Crippen LogP contribution in [-0.2, 0) is 17.6 Å². The van der Waals surface area contributed by atoms with Gasteiger partial charge in [0.2, 0.25) is 0 Å². The highest BCUT2D eigenvalue weighted by Crippen LogP contribution is 2.31. The van der Waals surface area contributed by atoms with Gasteiger partial charge in [-0.2, -0.15) is 0 Å². The topological polar surface area (TPSA) is 60.3 Å². The summed E-state index contributed by atoms with van der Waals surface area (Å²) in [4.78, 5) is 0. The van der Waals surface area contributed by atoms with Crippen molar-refractivity contribution < 1.29 is 19.4 Å². The predicted molar refractivity (Wildman–Crippen MR) is 106 cm³/mol. The molecule has 0 fully saturated rings. The Morgan fingerprint density at radius 2 is 1.69 bits per heavy atom. The van der Waals surface area contributed by atoms with E-state index in [-0.39, 0.29) is 4.49 Å². The first-order valence-electron chi connectivity index (χ1n) is 8.78. The monoisotopic (exact) mass is 403 g/mol. The molecular formula is C19H27Cl2NO4. The number of nitrogens with zero attached hydrogens (tertiary/aromatic N) is 1. The van der Waals surface area contributed by atoms with Crippen molar-refractivity contribution in [2.45, 2.75) is 39.5 Å². The molecule has 1 aromatic carbocycles. The van der Waals surface area contributed by atoms with Gasteiger partial charge in [-0.15, -0.1) is 0 Å². The average Bonchev–Trinajstić information content (AvgIpc) is 2.63. The summed E-state index contributed by atoms with van der Waals surface area (Å²) in [6.07, 6.45) is 6.41. The van der Waals surface area contributed by atoms with Gasteiger partial charge in [0.15, 0.2) is 0 Å². The van der Waals surface area contributed by atoms with E-state index in [0.717, 1.165) is 48.3 Å². The van der Waals surface area contributed by atoms with Crippen LogP contribution in [0.1, 0.15) is 37.8 Å². The molecule has 0 aliphatic heterocycles. The molecule has 26 heavy (non-hydrogen) atoms. The van der Waals surface area contributed by atoms with E-state index in [2.05, 4.69) is 19.0 Å². The molecule has 7 heteroatoms. The number of benzene rings is 1. The summed E-state index contributed by atoms with van der Waals surface area (Å²) in [6, 6.07) is 4.00. The number of aryl methyl sites for hydroxylation is 2. The van der Waals surface area contributed by atoms with Crippen LogP contribution in [0.25, 0.3) is 0 Å². The van der Waals surface area contributed by atoms with Gasteiger partial charge in [-0.3, -0.25) is 0 Å². The summed E-state index contributed by atoms with van der Waals surface area (Å²) in [5, 5.41) is 11.1. The zero-order valence-electron chi connectivity index (χ0n) is 15.3. The molecule has 1 N–H and O–H groups in total. The molecule has 0 bridgehead atoms. The fourth-order valence-corrected chi connectivity index (χ4v) is 2.49. The highest BCUT2D eigenvalue weighted by Gasteiger charge is 2.11. The van der Waals surface area contributed by atoms with Crippen molar-refractivity contribution in [3.63, 3.8) is 0 Å². The number of halogens is 2. The molecule has 0 aromatic heterocycles. The molecule has 5 nitrogen and oxygen atoms in total. The van der Waals surface area contributed by atoms with Crippen LogP contribution >= 0.6 is 23.2 Å². The van der Waals surface area contributed by atoms with Gasteiger partial charge in [-0.1, -0.05) is 42.2 Å². The summed E-state index contributed by atoms with van der Waals surface area (Å²) in [5.74, 6) is 1.73. The van der Waals surface area contributed by atoms with E-state index in [1.54, 1.807) is 6.08 Å². The molecule has 146 valence electrons. The van der Waals surface area contributed by atoms with Crippen molar-refractivity contribution >= 4 is 29.4 Å². The summed E-state index contributed by atoms with van der Waals surface area (Å²) in [6.45, 7) is 6.08. The van der Waals surface area contributed by atoms with Crippen LogP contribution in [0.5, 0.6) is 11.5 Å². The van der Waals surface area contributed by atoms with E-state index in [4.69, 9.17) is 42.6 Å². The Morgan fingerprint density at radius 3 is 2.27 bits per heavy atom. The minimum atomic E-state index is 0.198. The van der Waals surface area contributed by atoms with Crippen molar-refractivity contribution in [3.8, 4) is 11.5 Å². The number of unbranched alkanes of at least 4 members (excludes halogenated alkanes) is 1. The van der Waals surface area contributed by atoms with E-state index in [0.29, 0.717) is 26.4 Å². The van der Waals surface area contributed by atoms with Gasteiger partial charge >= 0.3 is 0 Å². The predicted octanol–water partition coefficient (Wildman–Crippen LogP) is 5.14. The Morgan fingerprint density at radius 1 is 1.04 bits per heavy atom. The molecule has 0 saturated carbocycles. The van der Waals surface area contributed by atoms with E-state index in [1.807, 2.05) is 12.1 Å². The smallest absolute Gasteiger partial charge is 0.125 e. The third-order valence-electron chi connectivity index (χ3n) is 3.67. The number of hydrogen-bond acceptors (Lipinski definition) is 5. The van der Waals surface area contributed by atoms with E-state index < -0.39 is 0 Å². The molecular weight excluding hydrogens is 377 g/mol. The molecule has 1 aromatic rings. The van der Waals surface area contributed by atoms with E-state index in [9.17, 15) is 0 Å². The molecule has 0 atom stereocenters. The fraction of sp³-hybridized carbons (Fsp3) is 0.526. The number of ether oxygens (including phenoxy) is 3. The molecule has 0 aliphatic rings. The van der Waals surface area contributed by atoms with Gasteiger partial charge in [0.25, 0.3) is 0 Å².